The van der Waals surface area contributed by atoms with Crippen LogP contribution in [0.4, 0.5) is 5.82 Å². The van der Waals surface area contributed by atoms with Gasteiger partial charge in [0.1, 0.15) is 17.3 Å². The van der Waals surface area contributed by atoms with Crippen molar-refractivity contribution in [1.82, 2.24) is 4.98 Å². The van der Waals surface area contributed by atoms with Crippen LogP contribution in [0.5, 0.6) is 17.4 Å². The van der Waals surface area contributed by atoms with E-state index in [4.69, 9.17) is 15.2 Å². The van der Waals surface area contributed by atoms with Crippen molar-refractivity contribution in [2.24, 2.45) is 5.73 Å². The summed E-state index contributed by atoms with van der Waals surface area (Å²) >= 11 is 0. The zero-order valence-electron chi connectivity index (χ0n) is 11.9. The van der Waals surface area contributed by atoms with Crippen LogP contribution < -0.4 is 20.5 Å². The number of nitrogens with one attached hydrogen (secondary N) is 1. The number of benzene rings is 1. The molecule has 0 aliphatic carbocycles. The molecule has 1 aromatic heterocycles. The fourth-order valence-corrected chi connectivity index (χ4v) is 1.77. The van der Waals surface area contributed by atoms with Crippen molar-refractivity contribution < 1.29 is 14.3 Å². The standard InChI is InChI=1S/C15H17N3O3/c1-10-8-11(6-7-12(10)20-2)21-15-5-3-4-13(18-15)17-14(19)9-16/h3-8H,9,16H2,1-2H3,(H,17,18,19). The first-order chi connectivity index (χ1) is 10.1. The number of carbonyl (C=O) groups excluding carboxylic acids is 1. The lowest BCUT2D eigenvalue weighted by Gasteiger charge is -2.09. The summed E-state index contributed by atoms with van der Waals surface area (Å²) in [5, 5.41) is 2.57. The smallest absolute Gasteiger partial charge is 0.239 e. The lowest BCUT2D eigenvalue weighted by Crippen LogP contribution is -2.22. The molecule has 110 valence electrons. The van der Waals surface area contributed by atoms with E-state index in [1.54, 1.807) is 31.4 Å². The Labute approximate surface area is 122 Å². The highest BCUT2D eigenvalue weighted by molar-refractivity contribution is 5.91. The fraction of sp³-hybridized carbons (Fsp3) is 0.200. The number of aromatic nitrogens is 1. The maximum absolute atomic E-state index is 11.2. The van der Waals surface area contributed by atoms with Gasteiger partial charge in [0.05, 0.1) is 13.7 Å². The van der Waals surface area contributed by atoms with Gasteiger partial charge < -0.3 is 20.5 Å². The SMILES string of the molecule is COc1ccc(Oc2cccc(NC(=O)CN)n2)cc1C. The number of anilines is 1. The van der Waals surface area contributed by atoms with Crippen LogP contribution in [0.3, 0.4) is 0 Å². The molecule has 0 radical (unpaired) electrons. The van der Waals surface area contributed by atoms with Crippen LogP contribution in [0.2, 0.25) is 0 Å². The molecule has 0 saturated heterocycles. The molecule has 0 atom stereocenters. The lowest BCUT2D eigenvalue weighted by molar-refractivity contribution is -0.114. The Morgan fingerprint density at radius 1 is 1.33 bits per heavy atom. The van der Waals surface area contributed by atoms with Crippen LogP contribution in [0.15, 0.2) is 36.4 Å². The summed E-state index contributed by atoms with van der Waals surface area (Å²) in [5.41, 5.74) is 6.20. The molecule has 6 nitrogen and oxygen atoms in total. The van der Waals surface area contributed by atoms with E-state index in [9.17, 15) is 4.79 Å². The van der Waals surface area contributed by atoms with Crippen molar-refractivity contribution in [2.75, 3.05) is 19.0 Å². The molecule has 2 aromatic rings. The summed E-state index contributed by atoms with van der Waals surface area (Å²) in [6, 6.07) is 10.6. The van der Waals surface area contributed by atoms with E-state index in [0.717, 1.165) is 11.3 Å². The second-order valence-corrected chi connectivity index (χ2v) is 4.35. The first-order valence-corrected chi connectivity index (χ1v) is 6.42. The molecular formula is C15H17N3O3. The van der Waals surface area contributed by atoms with E-state index in [2.05, 4.69) is 10.3 Å². The number of nitrogens with zero attached hydrogens (tertiary/aromatic N) is 1. The van der Waals surface area contributed by atoms with Crippen molar-refractivity contribution in [3.63, 3.8) is 0 Å². The minimum Gasteiger partial charge on any atom is -0.496 e. The van der Waals surface area contributed by atoms with E-state index in [1.807, 2.05) is 19.1 Å². The van der Waals surface area contributed by atoms with Gasteiger partial charge in [0.15, 0.2) is 0 Å². The number of carbonyl (C=O) groups is 1. The minimum absolute atomic E-state index is 0.0928. The maximum atomic E-state index is 11.2. The molecule has 0 fully saturated rings. The molecular weight excluding hydrogens is 270 g/mol. The molecule has 0 unspecified atom stereocenters. The third-order valence-electron chi connectivity index (χ3n) is 2.77. The molecule has 2 rings (SSSR count). The van der Waals surface area contributed by atoms with E-state index in [1.165, 1.54) is 0 Å². The van der Waals surface area contributed by atoms with Gasteiger partial charge in [-0.1, -0.05) is 6.07 Å². The van der Waals surface area contributed by atoms with Gasteiger partial charge in [-0.05, 0) is 36.8 Å². The predicted octanol–water partition coefficient (Wildman–Crippen LogP) is 2.09. The summed E-state index contributed by atoms with van der Waals surface area (Å²) in [4.78, 5) is 15.4. The summed E-state index contributed by atoms with van der Waals surface area (Å²) in [6.07, 6.45) is 0. The molecule has 3 N–H and O–H groups in total. The van der Waals surface area contributed by atoms with Gasteiger partial charge in [0.25, 0.3) is 0 Å². The number of aryl methyl sites for hydroxylation is 1. The third kappa shape index (κ3) is 3.93. The second kappa shape index (κ2) is 6.71. The Balaban J connectivity index is 2.14. The van der Waals surface area contributed by atoms with Crippen molar-refractivity contribution in [2.45, 2.75) is 6.92 Å². The molecule has 1 amide bonds. The first-order valence-electron chi connectivity index (χ1n) is 6.42. The van der Waals surface area contributed by atoms with Crippen molar-refractivity contribution >= 4 is 11.7 Å². The van der Waals surface area contributed by atoms with Crippen molar-refractivity contribution in [1.29, 1.82) is 0 Å². The van der Waals surface area contributed by atoms with E-state index >= 15 is 0 Å². The molecule has 1 aromatic carbocycles. The van der Waals surface area contributed by atoms with Crippen LogP contribution in [0.25, 0.3) is 0 Å². The Bertz CT molecular complexity index is 644. The van der Waals surface area contributed by atoms with Crippen LogP contribution in [0.1, 0.15) is 5.56 Å². The zero-order valence-corrected chi connectivity index (χ0v) is 11.9. The second-order valence-electron chi connectivity index (χ2n) is 4.35. The highest BCUT2D eigenvalue weighted by atomic mass is 16.5. The zero-order chi connectivity index (χ0) is 15.2. The van der Waals surface area contributed by atoms with Gasteiger partial charge in [0.2, 0.25) is 11.8 Å². The predicted molar refractivity (Wildman–Crippen MR) is 79.7 cm³/mol. The number of hydrogen-bond donors (Lipinski definition) is 2. The molecule has 1 heterocycles. The number of amides is 1. The largest absolute Gasteiger partial charge is 0.496 e. The van der Waals surface area contributed by atoms with Crippen molar-refractivity contribution in [3.8, 4) is 17.4 Å². The lowest BCUT2D eigenvalue weighted by atomic mass is 10.2. The van der Waals surface area contributed by atoms with Gasteiger partial charge in [0, 0.05) is 6.07 Å². The molecule has 0 bridgehead atoms. The molecule has 0 aliphatic rings. The summed E-state index contributed by atoms with van der Waals surface area (Å²) < 4.78 is 10.9. The summed E-state index contributed by atoms with van der Waals surface area (Å²) in [5.74, 6) is 1.91. The fourth-order valence-electron chi connectivity index (χ4n) is 1.77. The van der Waals surface area contributed by atoms with Crippen LogP contribution in [-0.2, 0) is 4.79 Å². The van der Waals surface area contributed by atoms with Crippen LogP contribution >= 0.6 is 0 Å². The highest BCUT2D eigenvalue weighted by Gasteiger charge is 2.05. The van der Waals surface area contributed by atoms with Gasteiger partial charge in [-0.15, -0.1) is 0 Å². The molecule has 0 aliphatic heterocycles. The Hall–Kier alpha value is -2.60. The Morgan fingerprint density at radius 2 is 2.14 bits per heavy atom. The number of hydrogen-bond acceptors (Lipinski definition) is 5. The summed E-state index contributed by atoms with van der Waals surface area (Å²) in [7, 11) is 1.62. The summed E-state index contributed by atoms with van der Waals surface area (Å²) in [6.45, 7) is 1.83. The number of ether oxygens (including phenoxy) is 2. The topological polar surface area (TPSA) is 86.5 Å². The van der Waals surface area contributed by atoms with Gasteiger partial charge in [-0.3, -0.25) is 4.79 Å². The Morgan fingerprint density at radius 3 is 2.81 bits per heavy atom. The monoisotopic (exact) mass is 287 g/mol. The van der Waals surface area contributed by atoms with E-state index in [-0.39, 0.29) is 12.5 Å². The molecule has 21 heavy (non-hydrogen) atoms. The van der Waals surface area contributed by atoms with Crippen LogP contribution in [-0.4, -0.2) is 24.5 Å². The number of methoxy groups -OCH3 is 1. The number of nitrogens with two attached hydrogens (primary N) is 1. The average Bonchev–Trinajstić information content (AvgIpc) is 2.47. The first kappa shape index (κ1) is 14.8. The number of pyridine rings is 1. The van der Waals surface area contributed by atoms with Gasteiger partial charge in [-0.2, -0.15) is 4.98 Å². The average molecular weight is 287 g/mol. The Kier molecular flexibility index (Phi) is 4.73. The normalized spacial score (nSPS) is 10.0. The van der Waals surface area contributed by atoms with Gasteiger partial charge >= 0.3 is 0 Å². The van der Waals surface area contributed by atoms with Crippen molar-refractivity contribution in [3.05, 3.63) is 42.0 Å². The molecule has 6 heteroatoms. The van der Waals surface area contributed by atoms with Gasteiger partial charge in [-0.25, -0.2) is 0 Å². The molecule has 0 spiro atoms. The minimum atomic E-state index is -0.306. The quantitative estimate of drug-likeness (QED) is 0.879. The van der Waals surface area contributed by atoms with Crippen LogP contribution in [0, 0.1) is 6.92 Å². The molecule has 0 saturated carbocycles. The van der Waals surface area contributed by atoms with E-state index in [0.29, 0.717) is 17.4 Å². The van der Waals surface area contributed by atoms with E-state index < -0.39 is 0 Å². The number of rotatable bonds is 5. The maximum Gasteiger partial charge on any atom is 0.239 e. The highest BCUT2D eigenvalue weighted by Crippen LogP contribution is 2.26. The third-order valence-corrected chi connectivity index (χ3v) is 2.77.